The van der Waals surface area contributed by atoms with E-state index in [1.807, 2.05) is 0 Å². The molecule has 10 heteroatoms. The maximum absolute atomic E-state index is 13.5. The number of rotatable bonds is 8. The molecule has 25 heavy (non-hydrogen) atoms. The zero-order valence-corrected chi connectivity index (χ0v) is 13.8. The van der Waals surface area contributed by atoms with Gasteiger partial charge in [0.2, 0.25) is 17.7 Å². The summed E-state index contributed by atoms with van der Waals surface area (Å²) in [6, 6.07) is 1.58. The van der Waals surface area contributed by atoms with Gasteiger partial charge in [0.1, 0.15) is 0 Å². The average molecular weight is 360 g/mol. The average Bonchev–Trinajstić information content (AvgIpc) is 2.53. The van der Waals surface area contributed by atoms with Crippen LogP contribution in [0.1, 0.15) is 6.92 Å². The maximum atomic E-state index is 13.5. The molecule has 1 aromatic rings. The molecule has 0 aliphatic rings. The van der Waals surface area contributed by atoms with Crippen LogP contribution in [-0.2, 0) is 14.4 Å². The minimum absolute atomic E-state index is 0.187. The van der Waals surface area contributed by atoms with Gasteiger partial charge in [-0.25, -0.2) is 13.2 Å². The molecule has 0 heterocycles. The number of hydrogen-bond acceptors (Lipinski definition) is 4. The van der Waals surface area contributed by atoms with Crippen LogP contribution in [0.2, 0.25) is 0 Å². The van der Waals surface area contributed by atoms with Gasteiger partial charge in [-0.15, -0.1) is 0 Å². The molecule has 0 spiro atoms. The number of likely N-dealkylation sites (N-methyl/N-ethyl adjacent to an activating group) is 2. The Hall–Kier alpha value is -2.62. The molecule has 0 aliphatic carbocycles. The number of carbonyl (C=O) groups is 3. The van der Waals surface area contributed by atoms with E-state index in [2.05, 4.69) is 16.0 Å². The SMILES string of the molecule is CCNC(=O)CNC(=O)CN(C)CC(=O)Nc1ccc(F)c(F)c1F. The van der Waals surface area contributed by atoms with Crippen LogP contribution in [0.4, 0.5) is 18.9 Å². The van der Waals surface area contributed by atoms with Crippen LogP contribution in [0, 0.1) is 17.5 Å². The quantitative estimate of drug-likeness (QED) is 0.579. The third kappa shape index (κ3) is 6.79. The number of nitrogens with one attached hydrogen (secondary N) is 3. The van der Waals surface area contributed by atoms with Crippen molar-refractivity contribution in [1.82, 2.24) is 15.5 Å². The topological polar surface area (TPSA) is 90.5 Å². The Balaban J connectivity index is 2.45. The van der Waals surface area contributed by atoms with Crippen LogP contribution in [0.3, 0.4) is 0 Å². The lowest BCUT2D eigenvalue weighted by molar-refractivity contribution is -0.127. The van der Waals surface area contributed by atoms with Crippen molar-refractivity contribution in [3.05, 3.63) is 29.6 Å². The van der Waals surface area contributed by atoms with Crippen LogP contribution in [-0.4, -0.2) is 55.8 Å². The summed E-state index contributed by atoms with van der Waals surface area (Å²) < 4.78 is 39.4. The second-order valence-electron chi connectivity index (χ2n) is 5.17. The Morgan fingerprint density at radius 3 is 2.24 bits per heavy atom. The summed E-state index contributed by atoms with van der Waals surface area (Å²) in [6.07, 6.45) is 0. The predicted octanol–water partition coefficient (Wildman–Crippen LogP) is 0.226. The summed E-state index contributed by atoms with van der Waals surface area (Å²) in [5.74, 6) is -6.10. The van der Waals surface area contributed by atoms with E-state index < -0.39 is 35.0 Å². The highest BCUT2D eigenvalue weighted by atomic mass is 19.2. The van der Waals surface area contributed by atoms with E-state index in [9.17, 15) is 27.6 Å². The fourth-order valence-corrected chi connectivity index (χ4v) is 1.85. The third-order valence-corrected chi connectivity index (χ3v) is 2.96. The monoisotopic (exact) mass is 360 g/mol. The Labute approximate surface area is 142 Å². The first-order chi connectivity index (χ1) is 11.7. The smallest absolute Gasteiger partial charge is 0.239 e. The molecule has 1 aromatic carbocycles. The molecule has 7 nitrogen and oxygen atoms in total. The van der Waals surface area contributed by atoms with Crippen LogP contribution >= 0.6 is 0 Å². The third-order valence-electron chi connectivity index (χ3n) is 2.96. The summed E-state index contributed by atoms with van der Waals surface area (Å²) in [7, 11) is 1.45. The molecule has 1 rings (SSSR count). The molecule has 0 aliphatic heterocycles. The van der Waals surface area contributed by atoms with Crippen molar-refractivity contribution in [3.63, 3.8) is 0 Å². The van der Waals surface area contributed by atoms with Gasteiger partial charge in [0.15, 0.2) is 17.5 Å². The van der Waals surface area contributed by atoms with Gasteiger partial charge in [0, 0.05) is 6.54 Å². The van der Waals surface area contributed by atoms with Gasteiger partial charge < -0.3 is 16.0 Å². The number of hydrogen-bond donors (Lipinski definition) is 3. The van der Waals surface area contributed by atoms with Crippen LogP contribution < -0.4 is 16.0 Å². The molecule has 0 saturated carbocycles. The number of nitrogens with zero attached hydrogens (tertiary/aromatic N) is 1. The summed E-state index contributed by atoms with van der Waals surface area (Å²) >= 11 is 0. The van der Waals surface area contributed by atoms with Crippen molar-refractivity contribution >= 4 is 23.4 Å². The molecule has 0 bridgehead atoms. The lowest BCUT2D eigenvalue weighted by Crippen LogP contribution is -2.42. The number of amides is 3. The first-order valence-electron chi connectivity index (χ1n) is 7.39. The predicted molar refractivity (Wildman–Crippen MR) is 84.1 cm³/mol. The van der Waals surface area contributed by atoms with E-state index in [0.29, 0.717) is 12.6 Å². The van der Waals surface area contributed by atoms with Gasteiger partial charge >= 0.3 is 0 Å². The van der Waals surface area contributed by atoms with Crippen molar-refractivity contribution in [1.29, 1.82) is 0 Å². The van der Waals surface area contributed by atoms with E-state index in [0.717, 1.165) is 6.07 Å². The summed E-state index contributed by atoms with van der Waals surface area (Å²) in [5.41, 5.74) is -0.502. The largest absolute Gasteiger partial charge is 0.355 e. The fourth-order valence-electron chi connectivity index (χ4n) is 1.85. The maximum Gasteiger partial charge on any atom is 0.239 e. The van der Waals surface area contributed by atoms with E-state index in [4.69, 9.17) is 0 Å². The van der Waals surface area contributed by atoms with Crippen LogP contribution in [0.15, 0.2) is 12.1 Å². The number of anilines is 1. The Kier molecular flexibility index (Phi) is 7.86. The molecule has 0 unspecified atom stereocenters. The molecule has 3 amide bonds. The Bertz CT molecular complexity index is 655. The van der Waals surface area contributed by atoms with Gasteiger partial charge in [-0.1, -0.05) is 0 Å². The lowest BCUT2D eigenvalue weighted by atomic mass is 10.2. The molecule has 3 N–H and O–H groups in total. The highest BCUT2D eigenvalue weighted by Gasteiger charge is 2.17. The Morgan fingerprint density at radius 2 is 1.60 bits per heavy atom. The molecule has 0 atom stereocenters. The van der Waals surface area contributed by atoms with E-state index in [-0.39, 0.29) is 25.5 Å². The van der Waals surface area contributed by atoms with Gasteiger partial charge in [-0.3, -0.25) is 19.3 Å². The van der Waals surface area contributed by atoms with Crippen molar-refractivity contribution in [2.24, 2.45) is 0 Å². The highest BCUT2D eigenvalue weighted by molar-refractivity contribution is 5.93. The zero-order valence-electron chi connectivity index (χ0n) is 13.8. The first-order valence-corrected chi connectivity index (χ1v) is 7.39. The van der Waals surface area contributed by atoms with Crippen molar-refractivity contribution in [3.8, 4) is 0 Å². The number of benzene rings is 1. The van der Waals surface area contributed by atoms with Crippen LogP contribution in [0.25, 0.3) is 0 Å². The molecule has 138 valence electrons. The standard InChI is InChI=1S/C15H19F3N4O3/c1-3-19-11(23)6-20-12(24)7-22(2)8-13(25)21-10-5-4-9(16)14(17)15(10)18/h4-5H,3,6-8H2,1-2H3,(H,19,23)(H,20,24)(H,21,25). The number of carbonyl (C=O) groups excluding carboxylic acids is 3. The Morgan fingerprint density at radius 1 is 0.960 bits per heavy atom. The molecular weight excluding hydrogens is 341 g/mol. The van der Waals surface area contributed by atoms with E-state index in [1.165, 1.54) is 11.9 Å². The highest BCUT2D eigenvalue weighted by Crippen LogP contribution is 2.19. The van der Waals surface area contributed by atoms with Crippen molar-refractivity contribution in [2.45, 2.75) is 6.92 Å². The minimum Gasteiger partial charge on any atom is -0.355 e. The van der Waals surface area contributed by atoms with E-state index in [1.54, 1.807) is 6.92 Å². The first kappa shape index (κ1) is 20.4. The molecule has 0 saturated heterocycles. The second-order valence-corrected chi connectivity index (χ2v) is 5.17. The lowest BCUT2D eigenvalue weighted by Gasteiger charge is -2.16. The summed E-state index contributed by atoms with van der Waals surface area (Å²) in [5, 5.41) is 6.96. The normalized spacial score (nSPS) is 10.5. The molecule has 0 aromatic heterocycles. The second kappa shape index (κ2) is 9.62. The van der Waals surface area contributed by atoms with Crippen molar-refractivity contribution < 1.29 is 27.6 Å². The number of halogens is 3. The fraction of sp³-hybridized carbons (Fsp3) is 0.400. The van der Waals surface area contributed by atoms with E-state index >= 15 is 0 Å². The van der Waals surface area contributed by atoms with Crippen molar-refractivity contribution in [2.75, 3.05) is 38.5 Å². The summed E-state index contributed by atoms with van der Waals surface area (Å²) in [4.78, 5) is 35.9. The van der Waals surface area contributed by atoms with Gasteiger partial charge in [-0.2, -0.15) is 0 Å². The molecule has 0 fully saturated rings. The minimum atomic E-state index is -1.68. The molecule has 0 radical (unpaired) electrons. The molecular formula is C15H19F3N4O3. The van der Waals surface area contributed by atoms with Crippen LogP contribution in [0.5, 0.6) is 0 Å². The van der Waals surface area contributed by atoms with Gasteiger partial charge in [0.25, 0.3) is 0 Å². The summed E-state index contributed by atoms with van der Waals surface area (Å²) in [6.45, 7) is 1.50. The zero-order chi connectivity index (χ0) is 19.0. The van der Waals surface area contributed by atoms with Gasteiger partial charge in [-0.05, 0) is 26.1 Å². The van der Waals surface area contributed by atoms with Gasteiger partial charge in [0.05, 0.1) is 25.3 Å².